The van der Waals surface area contributed by atoms with E-state index in [0.717, 1.165) is 25.8 Å². The second-order valence-corrected chi connectivity index (χ2v) is 5.87. The van der Waals surface area contributed by atoms with Crippen molar-refractivity contribution in [3.8, 4) is 0 Å². The molecular formula is C13H24N2O3. The van der Waals surface area contributed by atoms with Crippen LogP contribution in [0.15, 0.2) is 0 Å². The van der Waals surface area contributed by atoms with Gasteiger partial charge in [-0.1, -0.05) is 13.3 Å². The largest absolute Gasteiger partial charge is 0.481 e. The molecule has 0 radical (unpaired) electrons. The van der Waals surface area contributed by atoms with Crippen molar-refractivity contribution >= 4 is 11.9 Å². The number of aliphatic carboxylic acids is 1. The van der Waals surface area contributed by atoms with E-state index in [-0.39, 0.29) is 17.7 Å². The van der Waals surface area contributed by atoms with Crippen molar-refractivity contribution in [3.63, 3.8) is 0 Å². The Morgan fingerprint density at radius 3 is 2.56 bits per heavy atom. The lowest BCUT2D eigenvalue weighted by atomic mass is 9.80. The van der Waals surface area contributed by atoms with Crippen molar-refractivity contribution < 1.29 is 14.7 Å². The fourth-order valence-corrected chi connectivity index (χ4v) is 2.61. The van der Waals surface area contributed by atoms with E-state index in [1.54, 1.807) is 13.8 Å². The molecule has 0 bridgehead atoms. The van der Waals surface area contributed by atoms with E-state index in [0.29, 0.717) is 6.54 Å². The summed E-state index contributed by atoms with van der Waals surface area (Å²) in [6.07, 6.45) is 2.56. The monoisotopic (exact) mass is 256 g/mol. The third-order valence-corrected chi connectivity index (χ3v) is 3.50. The molecule has 0 saturated carbocycles. The van der Waals surface area contributed by atoms with Gasteiger partial charge in [-0.05, 0) is 33.2 Å². The average molecular weight is 256 g/mol. The number of hydrogen-bond donors (Lipinski definition) is 3. The quantitative estimate of drug-likeness (QED) is 0.666. The Morgan fingerprint density at radius 1 is 1.44 bits per heavy atom. The molecule has 18 heavy (non-hydrogen) atoms. The first-order valence-electron chi connectivity index (χ1n) is 6.56. The third kappa shape index (κ3) is 3.70. The Bertz CT molecular complexity index is 320. The number of carbonyl (C=O) groups excluding carboxylic acids is 1. The summed E-state index contributed by atoms with van der Waals surface area (Å²) < 4.78 is 0. The van der Waals surface area contributed by atoms with E-state index in [2.05, 4.69) is 17.6 Å². The van der Waals surface area contributed by atoms with E-state index >= 15 is 0 Å². The zero-order valence-electron chi connectivity index (χ0n) is 11.5. The van der Waals surface area contributed by atoms with Gasteiger partial charge in [0.25, 0.3) is 0 Å². The molecule has 3 N–H and O–H groups in total. The Kier molecular flexibility index (Phi) is 4.73. The van der Waals surface area contributed by atoms with Crippen LogP contribution in [0.1, 0.15) is 46.5 Å². The molecular weight excluding hydrogens is 232 g/mol. The van der Waals surface area contributed by atoms with Gasteiger partial charge in [-0.25, -0.2) is 0 Å². The van der Waals surface area contributed by atoms with Gasteiger partial charge in [0.2, 0.25) is 5.91 Å². The summed E-state index contributed by atoms with van der Waals surface area (Å²) in [5, 5.41) is 15.0. The van der Waals surface area contributed by atoms with Gasteiger partial charge in [0.15, 0.2) is 0 Å². The lowest BCUT2D eigenvalue weighted by Gasteiger charge is -2.32. The molecule has 1 saturated heterocycles. The molecule has 0 aromatic carbocycles. The van der Waals surface area contributed by atoms with Crippen LogP contribution in [-0.2, 0) is 9.59 Å². The number of rotatable bonds is 6. The first-order valence-corrected chi connectivity index (χ1v) is 6.56. The minimum Gasteiger partial charge on any atom is -0.481 e. The number of carboxylic acid groups (broad SMARTS) is 1. The summed E-state index contributed by atoms with van der Waals surface area (Å²) in [5.41, 5.74) is -1.06. The van der Waals surface area contributed by atoms with Crippen molar-refractivity contribution in [2.75, 3.05) is 13.1 Å². The summed E-state index contributed by atoms with van der Waals surface area (Å²) in [6, 6.07) is 0. The van der Waals surface area contributed by atoms with Crippen molar-refractivity contribution in [1.82, 2.24) is 10.6 Å². The number of amides is 1. The highest BCUT2D eigenvalue weighted by atomic mass is 16.4. The van der Waals surface area contributed by atoms with E-state index < -0.39 is 11.5 Å². The molecule has 0 aromatic heterocycles. The molecule has 1 aliphatic heterocycles. The Morgan fingerprint density at radius 2 is 2.11 bits per heavy atom. The number of carbonyl (C=O) groups is 2. The maximum Gasteiger partial charge on any atom is 0.305 e. The van der Waals surface area contributed by atoms with Crippen LogP contribution in [-0.4, -0.2) is 35.6 Å². The van der Waals surface area contributed by atoms with E-state index in [4.69, 9.17) is 5.11 Å². The molecule has 1 heterocycles. The number of hydrogen-bond acceptors (Lipinski definition) is 3. The Labute approximate surface area is 108 Å². The van der Waals surface area contributed by atoms with Gasteiger partial charge in [0, 0.05) is 12.1 Å². The average Bonchev–Trinajstić information content (AvgIpc) is 2.65. The molecule has 0 spiro atoms. The van der Waals surface area contributed by atoms with E-state index in [9.17, 15) is 9.59 Å². The molecule has 1 amide bonds. The zero-order chi connectivity index (χ0) is 13.8. The normalized spacial score (nSPS) is 23.9. The fourth-order valence-electron chi connectivity index (χ4n) is 2.61. The highest BCUT2D eigenvalue weighted by Gasteiger charge is 2.42. The minimum atomic E-state index is -0.894. The lowest BCUT2D eigenvalue weighted by molar-refractivity contribution is -0.139. The summed E-state index contributed by atoms with van der Waals surface area (Å²) in [4.78, 5) is 23.2. The molecule has 0 aromatic rings. The van der Waals surface area contributed by atoms with Crippen LogP contribution in [0.3, 0.4) is 0 Å². The standard InChI is InChI=1S/C13H24N2O3/c1-4-5-13(6-7-14-9-13)11(18)15-12(2,3)8-10(16)17/h14H,4-9H2,1-3H3,(H,15,18)(H,16,17). The van der Waals surface area contributed by atoms with Crippen molar-refractivity contribution in [1.29, 1.82) is 0 Å². The predicted molar refractivity (Wildman–Crippen MR) is 69.3 cm³/mol. The van der Waals surface area contributed by atoms with Crippen LogP contribution in [0.4, 0.5) is 0 Å². The summed E-state index contributed by atoms with van der Waals surface area (Å²) >= 11 is 0. The fraction of sp³-hybridized carbons (Fsp3) is 0.846. The van der Waals surface area contributed by atoms with Crippen molar-refractivity contribution in [3.05, 3.63) is 0 Å². The summed E-state index contributed by atoms with van der Waals surface area (Å²) in [6.45, 7) is 7.11. The molecule has 1 aliphatic rings. The van der Waals surface area contributed by atoms with Gasteiger partial charge in [-0.2, -0.15) is 0 Å². The van der Waals surface area contributed by atoms with E-state index in [1.165, 1.54) is 0 Å². The maximum atomic E-state index is 12.4. The summed E-state index contributed by atoms with van der Waals surface area (Å²) in [5.74, 6) is -0.907. The van der Waals surface area contributed by atoms with Crippen LogP contribution in [0.25, 0.3) is 0 Å². The van der Waals surface area contributed by atoms with Crippen LogP contribution < -0.4 is 10.6 Å². The smallest absolute Gasteiger partial charge is 0.305 e. The molecule has 5 nitrogen and oxygen atoms in total. The third-order valence-electron chi connectivity index (χ3n) is 3.50. The lowest BCUT2D eigenvalue weighted by Crippen LogP contribution is -2.52. The van der Waals surface area contributed by atoms with Crippen LogP contribution in [0.5, 0.6) is 0 Å². The van der Waals surface area contributed by atoms with Gasteiger partial charge in [0.1, 0.15) is 0 Å². The second kappa shape index (κ2) is 5.69. The molecule has 5 heteroatoms. The van der Waals surface area contributed by atoms with Gasteiger partial charge in [-0.15, -0.1) is 0 Å². The maximum absolute atomic E-state index is 12.4. The Hall–Kier alpha value is -1.10. The number of carboxylic acids is 1. The van der Waals surface area contributed by atoms with Gasteiger partial charge < -0.3 is 15.7 Å². The molecule has 1 unspecified atom stereocenters. The van der Waals surface area contributed by atoms with Crippen LogP contribution >= 0.6 is 0 Å². The van der Waals surface area contributed by atoms with Crippen molar-refractivity contribution in [2.24, 2.45) is 5.41 Å². The first kappa shape index (κ1) is 15.0. The highest BCUT2D eigenvalue weighted by Crippen LogP contribution is 2.32. The topological polar surface area (TPSA) is 78.4 Å². The highest BCUT2D eigenvalue weighted by molar-refractivity contribution is 5.84. The second-order valence-electron chi connectivity index (χ2n) is 5.87. The first-order chi connectivity index (χ1) is 8.31. The summed E-state index contributed by atoms with van der Waals surface area (Å²) in [7, 11) is 0. The zero-order valence-corrected chi connectivity index (χ0v) is 11.5. The van der Waals surface area contributed by atoms with Crippen LogP contribution in [0, 0.1) is 5.41 Å². The van der Waals surface area contributed by atoms with E-state index in [1.807, 2.05) is 0 Å². The predicted octanol–water partition coefficient (Wildman–Crippen LogP) is 1.14. The molecule has 1 fully saturated rings. The Balaban J connectivity index is 2.70. The van der Waals surface area contributed by atoms with Gasteiger partial charge in [0.05, 0.1) is 11.8 Å². The number of nitrogens with one attached hydrogen (secondary N) is 2. The molecule has 1 atom stereocenters. The van der Waals surface area contributed by atoms with Gasteiger partial charge in [-0.3, -0.25) is 9.59 Å². The molecule has 1 rings (SSSR count). The van der Waals surface area contributed by atoms with Crippen LogP contribution in [0.2, 0.25) is 0 Å². The molecule has 104 valence electrons. The molecule has 0 aliphatic carbocycles. The minimum absolute atomic E-state index is 0.0133. The van der Waals surface area contributed by atoms with Gasteiger partial charge >= 0.3 is 5.97 Å². The van der Waals surface area contributed by atoms with Crippen molar-refractivity contribution in [2.45, 2.75) is 52.0 Å². The SMILES string of the molecule is CCCC1(C(=O)NC(C)(C)CC(=O)O)CCNC1.